The highest BCUT2D eigenvalue weighted by molar-refractivity contribution is 9.10. The topological polar surface area (TPSA) is 79.5 Å². The minimum absolute atomic E-state index is 0.109. The van der Waals surface area contributed by atoms with E-state index in [1.807, 2.05) is 0 Å². The number of hydrogen-bond acceptors (Lipinski definition) is 3. The number of nitrogens with one attached hydrogen (secondary N) is 1. The second-order valence-corrected chi connectivity index (χ2v) is 6.69. The highest BCUT2D eigenvalue weighted by Gasteiger charge is 2.33. The Hall–Kier alpha value is -2.52. The molecule has 0 atom stereocenters. The number of hydrogen-bond donors (Lipinski definition) is 2. The molecule has 2 N–H and O–H groups in total. The van der Waals surface area contributed by atoms with Gasteiger partial charge in [-0.25, -0.2) is 4.79 Å². The molecule has 10 heteroatoms. The van der Waals surface area contributed by atoms with Gasteiger partial charge in [-0.1, -0.05) is 27.5 Å². The Bertz CT molecular complexity index is 1080. The third-order valence-electron chi connectivity index (χ3n) is 3.62. The molecule has 5 nitrogen and oxygen atoms in total. The summed E-state index contributed by atoms with van der Waals surface area (Å²) in [5.74, 6) is -2.76. The molecule has 1 aromatic heterocycles. The Morgan fingerprint density at radius 3 is 2.44 bits per heavy atom. The van der Waals surface area contributed by atoms with Crippen molar-refractivity contribution in [2.45, 2.75) is 6.18 Å². The summed E-state index contributed by atoms with van der Waals surface area (Å²) in [6.07, 6.45) is -4.58. The van der Waals surface area contributed by atoms with Crippen LogP contribution in [0.2, 0.25) is 5.02 Å². The van der Waals surface area contributed by atoms with Crippen LogP contribution in [0.4, 0.5) is 18.9 Å². The fourth-order valence-electron chi connectivity index (χ4n) is 2.42. The number of carbonyl (C=O) groups excluding carboxylic acids is 1. The van der Waals surface area contributed by atoms with Crippen LogP contribution in [-0.2, 0) is 6.18 Å². The summed E-state index contributed by atoms with van der Waals surface area (Å²) in [5.41, 5.74) is -1.00. The van der Waals surface area contributed by atoms with E-state index in [1.54, 1.807) is 0 Å². The van der Waals surface area contributed by atoms with Crippen LogP contribution in [0.3, 0.4) is 0 Å². The van der Waals surface area contributed by atoms with Crippen molar-refractivity contribution >= 4 is 56.1 Å². The number of carboxylic acid groups (broad SMARTS) is 1. The first-order valence-electron chi connectivity index (χ1n) is 7.21. The van der Waals surface area contributed by atoms with Gasteiger partial charge in [0.2, 0.25) is 5.76 Å². The third kappa shape index (κ3) is 3.79. The summed E-state index contributed by atoms with van der Waals surface area (Å²) in [4.78, 5) is 23.8. The molecule has 0 saturated heterocycles. The molecule has 1 heterocycles. The van der Waals surface area contributed by atoms with Gasteiger partial charge in [0, 0.05) is 20.4 Å². The zero-order valence-corrected chi connectivity index (χ0v) is 15.4. The van der Waals surface area contributed by atoms with E-state index in [9.17, 15) is 27.9 Å². The first kappa shape index (κ1) is 19.2. The smallest absolute Gasteiger partial charge is 0.417 e. The van der Waals surface area contributed by atoms with E-state index in [2.05, 4.69) is 21.2 Å². The van der Waals surface area contributed by atoms with E-state index < -0.39 is 29.4 Å². The molecule has 0 spiro atoms. The third-order valence-corrected chi connectivity index (χ3v) is 4.51. The van der Waals surface area contributed by atoms with Crippen molar-refractivity contribution in [1.29, 1.82) is 0 Å². The monoisotopic (exact) mass is 461 g/mol. The molecule has 0 unspecified atom stereocenters. The second kappa shape index (κ2) is 6.90. The zero-order chi connectivity index (χ0) is 19.9. The molecule has 3 rings (SSSR count). The minimum atomic E-state index is -4.58. The lowest BCUT2D eigenvalue weighted by Gasteiger charge is -2.11. The first-order chi connectivity index (χ1) is 12.6. The number of benzene rings is 2. The number of anilines is 1. The average Bonchev–Trinajstić information content (AvgIpc) is 2.91. The SMILES string of the molecule is O=C(Nc1c(C(=O)O)oc2ccc(Cl)cc12)c1ccc(C(F)(F)F)c(Br)c1. The van der Waals surface area contributed by atoms with Crippen molar-refractivity contribution in [3.63, 3.8) is 0 Å². The Balaban J connectivity index is 2.01. The Labute approximate surface area is 162 Å². The fourth-order valence-corrected chi connectivity index (χ4v) is 3.19. The minimum Gasteiger partial charge on any atom is -0.475 e. The number of furan rings is 1. The van der Waals surface area contributed by atoms with Crippen LogP contribution < -0.4 is 5.32 Å². The van der Waals surface area contributed by atoms with Gasteiger partial charge in [0.05, 0.1) is 5.56 Å². The van der Waals surface area contributed by atoms with Gasteiger partial charge < -0.3 is 14.8 Å². The molecule has 2 aromatic carbocycles. The summed E-state index contributed by atoms with van der Waals surface area (Å²) < 4.78 is 43.4. The van der Waals surface area contributed by atoms with Crippen LogP contribution in [0.1, 0.15) is 26.5 Å². The van der Waals surface area contributed by atoms with E-state index >= 15 is 0 Å². The zero-order valence-electron chi connectivity index (χ0n) is 13.0. The number of amides is 1. The lowest BCUT2D eigenvalue weighted by molar-refractivity contribution is -0.138. The van der Waals surface area contributed by atoms with Crippen LogP contribution in [-0.4, -0.2) is 17.0 Å². The molecule has 140 valence electrons. The molecule has 1 amide bonds. The number of alkyl halides is 3. The van der Waals surface area contributed by atoms with Gasteiger partial charge in [0.25, 0.3) is 5.91 Å². The van der Waals surface area contributed by atoms with Crippen LogP contribution in [0.5, 0.6) is 0 Å². The molecule has 0 aliphatic heterocycles. The van der Waals surface area contributed by atoms with E-state index in [1.165, 1.54) is 18.2 Å². The molecule has 0 fully saturated rings. The fraction of sp³-hybridized carbons (Fsp3) is 0.0588. The first-order valence-corrected chi connectivity index (χ1v) is 8.38. The van der Waals surface area contributed by atoms with Crippen LogP contribution >= 0.6 is 27.5 Å². The normalized spacial score (nSPS) is 11.6. The van der Waals surface area contributed by atoms with Crippen LogP contribution in [0.15, 0.2) is 45.3 Å². The van der Waals surface area contributed by atoms with Gasteiger partial charge in [-0.3, -0.25) is 4.79 Å². The van der Waals surface area contributed by atoms with Crippen molar-refractivity contribution < 1.29 is 32.3 Å². The average molecular weight is 463 g/mol. The lowest BCUT2D eigenvalue weighted by Crippen LogP contribution is -2.15. The summed E-state index contributed by atoms with van der Waals surface area (Å²) in [6, 6.07) is 7.06. The van der Waals surface area contributed by atoms with Gasteiger partial charge in [-0.15, -0.1) is 0 Å². The quantitative estimate of drug-likeness (QED) is 0.514. The van der Waals surface area contributed by atoms with Gasteiger partial charge in [0.15, 0.2) is 0 Å². The Kier molecular flexibility index (Phi) is 4.92. The largest absolute Gasteiger partial charge is 0.475 e. The van der Waals surface area contributed by atoms with Crippen LogP contribution in [0.25, 0.3) is 11.0 Å². The molecule has 0 aliphatic carbocycles. The highest BCUT2D eigenvalue weighted by Crippen LogP contribution is 2.36. The molecule has 3 aromatic rings. The lowest BCUT2D eigenvalue weighted by atomic mass is 10.1. The van der Waals surface area contributed by atoms with Crippen molar-refractivity contribution in [2.75, 3.05) is 5.32 Å². The van der Waals surface area contributed by atoms with Gasteiger partial charge in [0.1, 0.15) is 11.3 Å². The number of fused-ring (bicyclic) bond motifs is 1. The number of rotatable bonds is 3. The second-order valence-electron chi connectivity index (χ2n) is 5.40. The van der Waals surface area contributed by atoms with Gasteiger partial charge >= 0.3 is 12.1 Å². The summed E-state index contributed by atoms with van der Waals surface area (Å²) >= 11 is 8.69. The van der Waals surface area contributed by atoms with Crippen molar-refractivity contribution in [3.05, 3.63) is 62.8 Å². The maximum atomic E-state index is 12.8. The summed E-state index contributed by atoms with van der Waals surface area (Å²) in [6.45, 7) is 0. The molecule has 0 saturated carbocycles. The summed E-state index contributed by atoms with van der Waals surface area (Å²) in [5, 5.41) is 12.2. The predicted octanol–water partition coefficient (Wildman–Crippen LogP) is 5.82. The van der Waals surface area contributed by atoms with Gasteiger partial charge in [-0.05, 0) is 36.4 Å². The van der Waals surface area contributed by atoms with E-state index in [0.717, 1.165) is 18.2 Å². The van der Waals surface area contributed by atoms with Crippen molar-refractivity contribution in [1.82, 2.24) is 0 Å². The molecular weight excluding hydrogens is 455 g/mol. The van der Waals surface area contributed by atoms with E-state index in [-0.39, 0.29) is 31.7 Å². The Morgan fingerprint density at radius 2 is 1.85 bits per heavy atom. The summed E-state index contributed by atoms with van der Waals surface area (Å²) in [7, 11) is 0. The van der Waals surface area contributed by atoms with E-state index in [0.29, 0.717) is 0 Å². The Morgan fingerprint density at radius 1 is 1.15 bits per heavy atom. The number of halogens is 5. The number of aromatic carboxylic acids is 1. The van der Waals surface area contributed by atoms with E-state index in [4.69, 9.17) is 16.0 Å². The molecule has 27 heavy (non-hydrogen) atoms. The number of carboxylic acids is 1. The maximum absolute atomic E-state index is 12.8. The molecular formula is C17H8BrClF3NO4. The molecule has 0 aliphatic rings. The molecule has 0 radical (unpaired) electrons. The molecule has 0 bridgehead atoms. The van der Waals surface area contributed by atoms with Crippen molar-refractivity contribution in [3.8, 4) is 0 Å². The predicted molar refractivity (Wildman–Crippen MR) is 95.3 cm³/mol. The number of carbonyl (C=O) groups is 2. The van der Waals surface area contributed by atoms with Gasteiger partial charge in [-0.2, -0.15) is 13.2 Å². The van der Waals surface area contributed by atoms with Crippen molar-refractivity contribution in [2.24, 2.45) is 0 Å². The highest BCUT2D eigenvalue weighted by atomic mass is 79.9. The van der Waals surface area contributed by atoms with Crippen LogP contribution in [0, 0.1) is 0 Å². The standard InChI is InChI=1S/C17H8BrClF3NO4/c18-11-5-7(1-3-10(11)17(20,21)22)15(24)23-13-9-6-8(19)2-4-12(9)27-14(13)16(25)26/h1-6H,(H,23,24)(H,25,26). The maximum Gasteiger partial charge on any atom is 0.417 e.